The molecule has 6 nitrogen and oxygen atoms in total. The first-order chi connectivity index (χ1) is 18.0. The van der Waals surface area contributed by atoms with Crippen molar-refractivity contribution in [3.8, 4) is 11.3 Å². The molecule has 1 amide bonds. The first-order valence-electron chi connectivity index (χ1n) is 11.8. The van der Waals surface area contributed by atoms with Gasteiger partial charge in [0.2, 0.25) is 0 Å². The third kappa shape index (κ3) is 5.42. The van der Waals surface area contributed by atoms with Crippen molar-refractivity contribution in [3.05, 3.63) is 124 Å². The molecule has 0 spiro atoms. The lowest BCUT2D eigenvalue weighted by Gasteiger charge is -2.15. The number of nitrogens with zero attached hydrogens (tertiary/aromatic N) is 2. The lowest BCUT2D eigenvalue weighted by atomic mass is 10.0. The van der Waals surface area contributed by atoms with Crippen LogP contribution in [0.15, 0.2) is 105 Å². The number of carboxylic acids is 1. The summed E-state index contributed by atoms with van der Waals surface area (Å²) in [5.74, 6) is -0.0679. The third-order valence-corrected chi connectivity index (χ3v) is 7.09. The number of carbonyl (C=O) groups is 2. The summed E-state index contributed by atoms with van der Waals surface area (Å²) in [6.45, 7) is 2.65. The minimum absolute atomic E-state index is 0.136. The largest absolute Gasteiger partial charge is 0.478 e. The molecule has 1 N–H and O–H groups in total. The fraction of sp³-hybridized carbons (Fsp3) is 0.100. The van der Waals surface area contributed by atoms with Crippen LogP contribution in [0.2, 0.25) is 0 Å². The predicted octanol–water partition coefficient (Wildman–Crippen LogP) is 6.63. The average molecular weight is 509 g/mol. The fourth-order valence-corrected chi connectivity index (χ4v) is 5.07. The number of rotatable bonds is 7. The Morgan fingerprint density at radius 2 is 1.65 bits per heavy atom. The van der Waals surface area contributed by atoms with Gasteiger partial charge in [-0.1, -0.05) is 72.8 Å². The van der Waals surface area contributed by atoms with Gasteiger partial charge in [0.1, 0.15) is 11.5 Å². The zero-order valence-corrected chi connectivity index (χ0v) is 20.9. The number of amidine groups is 1. The number of carboxylic acid groups (broad SMARTS) is 1. The van der Waals surface area contributed by atoms with Crippen molar-refractivity contribution in [3.63, 3.8) is 0 Å². The van der Waals surface area contributed by atoms with E-state index in [1.54, 1.807) is 42.2 Å². The summed E-state index contributed by atoms with van der Waals surface area (Å²) in [5, 5.41) is 10.1. The zero-order valence-electron chi connectivity index (χ0n) is 20.1. The summed E-state index contributed by atoms with van der Waals surface area (Å²) in [6, 6.07) is 28.4. The highest BCUT2D eigenvalue weighted by molar-refractivity contribution is 8.18. The van der Waals surface area contributed by atoms with Gasteiger partial charge in [-0.05, 0) is 53.6 Å². The standard InChI is InChI=1S/C30H24N2O4S/c1-20-24(13-8-14-25(20)29(34)35)26-16-15-23(36-26)17-27-28(33)32(19-22-11-6-3-7-12-22)30(37-27)31-18-21-9-4-2-5-10-21/h2-17H,18-19H2,1H3,(H,34,35)/b27-17-,31-30?. The summed E-state index contributed by atoms with van der Waals surface area (Å²) in [5.41, 5.74) is 3.63. The topological polar surface area (TPSA) is 83.1 Å². The van der Waals surface area contributed by atoms with Gasteiger partial charge in [-0.2, -0.15) is 0 Å². The maximum atomic E-state index is 13.4. The van der Waals surface area contributed by atoms with Crippen LogP contribution >= 0.6 is 11.8 Å². The highest BCUT2D eigenvalue weighted by atomic mass is 32.2. The molecule has 2 heterocycles. The van der Waals surface area contributed by atoms with Crippen LogP contribution in [-0.4, -0.2) is 27.1 Å². The van der Waals surface area contributed by atoms with Gasteiger partial charge >= 0.3 is 5.97 Å². The second-order valence-corrected chi connectivity index (χ2v) is 9.57. The van der Waals surface area contributed by atoms with E-state index in [1.165, 1.54) is 11.8 Å². The molecule has 0 bridgehead atoms. The molecule has 1 aliphatic heterocycles. The molecule has 1 fully saturated rings. The van der Waals surface area contributed by atoms with Crippen LogP contribution in [0.25, 0.3) is 17.4 Å². The van der Waals surface area contributed by atoms with E-state index in [9.17, 15) is 14.7 Å². The van der Waals surface area contributed by atoms with E-state index in [-0.39, 0.29) is 11.5 Å². The first kappa shape index (κ1) is 24.3. The van der Waals surface area contributed by atoms with Gasteiger partial charge in [0.05, 0.1) is 23.6 Å². The molecule has 5 rings (SSSR count). The van der Waals surface area contributed by atoms with Crippen LogP contribution in [0.5, 0.6) is 0 Å². The van der Waals surface area contributed by atoms with Crippen LogP contribution in [0, 0.1) is 6.92 Å². The van der Waals surface area contributed by atoms with Crippen molar-refractivity contribution < 1.29 is 19.1 Å². The number of aromatic carboxylic acids is 1. The molecule has 1 aromatic heterocycles. The Labute approximate surface area is 219 Å². The number of aliphatic imine (C=N–C) groups is 1. The number of hydrogen-bond acceptors (Lipinski definition) is 5. The van der Waals surface area contributed by atoms with Crippen molar-refractivity contribution in [1.82, 2.24) is 4.90 Å². The van der Waals surface area contributed by atoms with Gasteiger partial charge in [-0.25, -0.2) is 4.79 Å². The van der Waals surface area contributed by atoms with E-state index < -0.39 is 5.97 Å². The van der Waals surface area contributed by atoms with E-state index >= 15 is 0 Å². The molecule has 1 aliphatic rings. The van der Waals surface area contributed by atoms with Crippen molar-refractivity contribution in [2.24, 2.45) is 4.99 Å². The van der Waals surface area contributed by atoms with E-state index in [4.69, 9.17) is 9.41 Å². The van der Waals surface area contributed by atoms with Crippen molar-refractivity contribution >= 4 is 34.9 Å². The Morgan fingerprint density at radius 1 is 0.946 bits per heavy atom. The van der Waals surface area contributed by atoms with Crippen molar-refractivity contribution in [2.45, 2.75) is 20.0 Å². The number of thioether (sulfide) groups is 1. The van der Waals surface area contributed by atoms with Crippen LogP contribution < -0.4 is 0 Å². The van der Waals surface area contributed by atoms with Crippen LogP contribution in [-0.2, 0) is 17.9 Å². The molecule has 7 heteroatoms. The molecule has 1 saturated heterocycles. The van der Waals surface area contributed by atoms with E-state index in [0.29, 0.717) is 45.8 Å². The number of furan rings is 1. The second-order valence-electron chi connectivity index (χ2n) is 8.56. The first-order valence-corrected chi connectivity index (χ1v) is 12.6. The fourth-order valence-electron chi connectivity index (χ4n) is 4.11. The molecule has 0 atom stereocenters. The molecule has 3 aromatic carbocycles. The maximum Gasteiger partial charge on any atom is 0.335 e. The molecule has 37 heavy (non-hydrogen) atoms. The van der Waals surface area contributed by atoms with E-state index in [2.05, 4.69) is 0 Å². The molecule has 0 radical (unpaired) electrons. The summed E-state index contributed by atoms with van der Waals surface area (Å²) < 4.78 is 6.02. The van der Waals surface area contributed by atoms with Crippen molar-refractivity contribution in [1.29, 1.82) is 0 Å². The van der Waals surface area contributed by atoms with Crippen LogP contribution in [0.4, 0.5) is 0 Å². The molecular formula is C30H24N2O4S. The van der Waals surface area contributed by atoms with Gasteiger partial charge in [0.15, 0.2) is 5.17 Å². The Bertz CT molecular complexity index is 1510. The molecule has 0 unspecified atom stereocenters. The Kier molecular flexibility index (Phi) is 7.05. The minimum Gasteiger partial charge on any atom is -0.478 e. The molecule has 0 saturated carbocycles. The predicted molar refractivity (Wildman–Crippen MR) is 146 cm³/mol. The summed E-state index contributed by atoms with van der Waals surface area (Å²) in [4.78, 5) is 31.9. The van der Waals surface area contributed by atoms with E-state index in [1.807, 2.05) is 66.7 Å². The summed E-state index contributed by atoms with van der Waals surface area (Å²) >= 11 is 1.32. The smallest absolute Gasteiger partial charge is 0.335 e. The highest BCUT2D eigenvalue weighted by Gasteiger charge is 2.33. The number of benzene rings is 3. The Hall–Kier alpha value is -4.36. The van der Waals surface area contributed by atoms with Gasteiger partial charge in [0.25, 0.3) is 5.91 Å². The highest BCUT2D eigenvalue weighted by Crippen LogP contribution is 2.35. The molecular weight excluding hydrogens is 484 g/mol. The number of carbonyl (C=O) groups excluding carboxylic acids is 1. The van der Waals surface area contributed by atoms with Gasteiger partial charge in [0, 0.05) is 11.6 Å². The SMILES string of the molecule is Cc1c(C(=O)O)cccc1-c1ccc(/C=C2\SC(=NCc3ccccc3)N(Cc3ccccc3)C2=O)o1. The van der Waals surface area contributed by atoms with Crippen LogP contribution in [0.3, 0.4) is 0 Å². The quantitative estimate of drug-likeness (QED) is 0.284. The average Bonchev–Trinajstić information content (AvgIpc) is 3.49. The van der Waals surface area contributed by atoms with Gasteiger partial charge < -0.3 is 9.52 Å². The third-order valence-electron chi connectivity index (χ3n) is 6.04. The Balaban J connectivity index is 1.44. The molecule has 4 aromatic rings. The summed E-state index contributed by atoms with van der Waals surface area (Å²) in [6.07, 6.45) is 1.72. The monoisotopic (exact) mass is 508 g/mol. The lowest BCUT2D eigenvalue weighted by molar-refractivity contribution is -0.122. The normalized spacial score (nSPS) is 15.6. The minimum atomic E-state index is -0.984. The number of hydrogen-bond donors (Lipinski definition) is 1. The van der Waals surface area contributed by atoms with Gasteiger partial charge in [-0.3, -0.25) is 14.7 Å². The summed E-state index contributed by atoms with van der Waals surface area (Å²) in [7, 11) is 0. The number of amides is 1. The van der Waals surface area contributed by atoms with Crippen molar-refractivity contribution in [2.75, 3.05) is 0 Å². The maximum absolute atomic E-state index is 13.4. The molecule has 0 aliphatic carbocycles. The zero-order chi connectivity index (χ0) is 25.8. The lowest BCUT2D eigenvalue weighted by Crippen LogP contribution is -2.28. The second kappa shape index (κ2) is 10.7. The van der Waals surface area contributed by atoms with E-state index in [0.717, 1.165) is 11.1 Å². The Morgan fingerprint density at radius 3 is 2.35 bits per heavy atom. The van der Waals surface area contributed by atoms with Gasteiger partial charge in [-0.15, -0.1) is 0 Å². The molecule has 184 valence electrons. The van der Waals surface area contributed by atoms with Crippen LogP contribution in [0.1, 0.15) is 32.8 Å².